The summed E-state index contributed by atoms with van der Waals surface area (Å²) in [5.74, 6) is 0.191. The third kappa shape index (κ3) is 4.26. The number of carbonyl (C=O) groups excluding carboxylic acids is 2. The second-order valence-corrected chi connectivity index (χ2v) is 6.36. The van der Waals surface area contributed by atoms with E-state index in [2.05, 4.69) is 0 Å². The van der Waals surface area contributed by atoms with E-state index in [1.165, 1.54) is 11.3 Å². The SMILES string of the molecule is Cc1ccc(C)c(OC(=O)CCC(=O)c2ccc(C)s2)c1. The van der Waals surface area contributed by atoms with Crippen molar-refractivity contribution < 1.29 is 14.3 Å². The molecule has 0 unspecified atom stereocenters. The van der Waals surface area contributed by atoms with E-state index >= 15 is 0 Å². The van der Waals surface area contributed by atoms with E-state index in [1.807, 2.05) is 45.0 Å². The van der Waals surface area contributed by atoms with Crippen LogP contribution < -0.4 is 4.74 Å². The molecule has 2 aromatic rings. The maximum Gasteiger partial charge on any atom is 0.311 e. The Labute approximate surface area is 128 Å². The van der Waals surface area contributed by atoms with E-state index in [9.17, 15) is 9.59 Å². The zero-order valence-corrected chi connectivity index (χ0v) is 13.3. The Balaban J connectivity index is 1.90. The van der Waals surface area contributed by atoms with Gasteiger partial charge in [0.15, 0.2) is 5.78 Å². The van der Waals surface area contributed by atoms with E-state index in [0.29, 0.717) is 10.6 Å². The fraction of sp³-hybridized carbons (Fsp3) is 0.294. The molecule has 0 fully saturated rings. The van der Waals surface area contributed by atoms with E-state index in [0.717, 1.165) is 16.0 Å². The van der Waals surface area contributed by atoms with Crippen molar-refractivity contribution in [1.82, 2.24) is 0 Å². The number of ketones is 1. The lowest BCUT2D eigenvalue weighted by molar-refractivity contribution is -0.134. The van der Waals surface area contributed by atoms with Crippen LogP contribution >= 0.6 is 11.3 Å². The number of Topliss-reactive ketones (excluding diaryl/α,β-unsaturated/α-hetero) is 1. The van der Waals surface area contributed by atoms with Crippen LogP contribution in [0.4, 0.5) is 0 Å². The van der Waals surface area contributed by atoms with Gasteiger partial charge in [-0.2, -0.15) is 0 Å². The molecule has 0 aliphatic heterocycles. The number of esters is 1. The fourth-order valence-corrected chi connectivity index (χ4v) is 2.75. The van der Waals surface area contributed by atoms with Gasteiger partial charge in [-0.15, -0.1) is 11.3 Å². The number of ether oxygens (including phenoxy) is 1. The molecule has 110 valence electrons. The highest BCUT2D eigenvalue weighted by molar-refractivity contribution is 7.14. The van der Waals surface area contributed by atoms with Crippen molar-refractivity contribution in [3.8, 4) is 5.75 Å². The standard InChI is InChI=1S/C17H18O3S/c1-11-4-5-12(2)15(10-11)20-17(19)9-7-14(18)16-8-6-13(3)21-16/h4-6,8,10H,7,9H2,1-3H3. The fourth-order valence-electron chi connectivity index (χ4n) is 1.91. The monoisotopic (exact) mass is 302 g/mol. The Hall–Kier alpha value is -1.94. The lowest BCUT2D eigenvalue weighted by atomic mass is 10.1. The molecule has 0 saturated heterocycles. The summed E-state index contributed by atoms with van der Waals surface area (Å²) in [6.07, 6.45) is 0.285. The van der Waals surface area contributed by atoms with Crippen molar-refractivity contribution in [2.45, 2.75) is 33.6 Å². The van der Waals surface area contributed by atoms with Crippen molar-refractivity contribution in [1.29, 1.82) is 0 Å². The summed E-state index contributed by atoms with van der Waals surface area (Å²) >= 11 is 1.45. The van der Waals surface area contributed by atoms with Gasteiger partial charge in [-0.25, -0.2) is 0 Å². The molecule has 3 nitrogen and oxygen atoms in total. The molecule has 0 N–H and O–H groups in total. The van der Waals surface area contributed by atoms with Crippen LogP contribution in [-0.4, -0.2) is 11.8 Å². The molecule has 1 heterocycles. The van der Waals surface area contributed by atoms with Gasteiger partial charge < -0.3 is 4.74 Å². The minimum atomic E-state index is -0.370. The summed E-state index contributed by atoms with van der Waals surface area (Å²) in [6.45, 7) is 5.79. The predicted molar refractivity (Wildman–Crippen MR) is 84.2 cm³/mol. The average molecular weight is 302 g/mol. The topological polar surface area (TPSA) is 43.4 Å². The van der Waals surface area contributed by atoms with E-state index in [4.69, 9.17) is 4.74 Å². The Kier molecular flexibility index (Phi) is 4.91. The van der Waals surface area contributed by atoms with Crippen LogP contribution in [0.3, 0.4) is 0 Å². The van der Waals surface area contributed by atoms with Gasteiger partial charge in [0.2, 0.25) is 0 Å². The van der Waals surface area contributed by atoms with Gasteiger partial charge in [-0.1, -0.05) is 12.1 Å². The lowest BCUT2D eigenvalue weighted by Crippen LogP contribution is -2.11. The maximum atomic E-state index is 11.9. The van der Waals surface area contributed by atoms with Crippen molar-refractivity contribution in [2.75, 3.05) is 0 Å². The number of hydrogen-bond acceptors (Lipinski definition) is 4. The van der Waals surface area contributed by atoms with Crippen LogP contribution in [0.25, 0.3) is 0 Å². The summed E-state index contributed by atoms with van der Waals surface area (Å²) in [5, 5.41) is 0. The molecular weight excluding hydrogens is 284 g/mol. The molecule has 1 aromatic heterocycles. The number of rotatable bonds is 5. The third-order valence-corrected chi connectivity index (χ3v) is 4.18. The molecule has 0 spiro atoms. The number of thiophene rings is 1. The van der Waals surface area contributed by atoms with Crippen LogP contribution in [0.15, 0.2) is 30.3 Å². The summed E-state index contributed by atoms with van der Waals surface area (Å²) in [6, 6.07) is 9.43. The zero-order chi connectivity index (χ0) is 15.4. The highest BCUT2D eigenvalue weighted by Crippen LogP contribution is 2.21. The first-order chi connectivity index (χ1) is 9.95. The van der Waals surface area contributed by atoms with Crippen molar-refractivity contribution in [2.24, 2.45) is 0 Å². The first kappa shape index (κ1) is 15.4. The van der Waals surface area contributed by atoms with Gasteiger partial charge in [0.05, 0.1) is 11.3 Å². The molecule has 0 radical (unpaired) electrons. The normalized spacial score (nSPS) is 10.4. The van der Waals surface area contributed by atoms with Crippen molar-refractivity contribution in [3.63, 3.8) is 0 Å². The van der Waals surface area contributed by atoms with Gasteiger partial charge in [-0.3, -0.25) is 9.59 Å². The second-order valence-electron chi connectivity index (χ2n) is 5.08. The molecule has 2 rings (SSSR count). The first-order valence-electron chi connectivity index (χ1n) is 6.83. The minimum Gasteiger partial charge on any atom is -0.426 e. The lowest BCUT2D eigenvalue weighted by Gasteiger charge is -2.07. The number of benzene rings is 1. The maximum absolute atomic E-state index is 11.9. The van der Waals surface area contributed by atoms with Gasteiger partial charge in [0.1, 0.15) is 5.75 Å². The van der Waals surface area contributed by atoms with E-state index < -0.39 is 0 Å². The molecule has 0 bridgehead atoms. The largest absolute Gasteiger partial charge is 0.426 e. The molecule has 0 aliphatic carbocycles. The zero-order valence-electron chi connectivity index (χ0n) is 12.4. The smallest absolute Gasteiger partial charge is 0.311 e. The molecule has 1 aromatic carbocycles. The quantitative estimate of drug-likeness (QED) is 0.471. The minimum absolute atomic E-state index is 0.00832. The van der Waals surface area contributed by atoms with Crippen LogP contribution in [0.5, 0.6) is 5.75 Å². The summed E-state index contributed by atoms with van der Waals surface area (Å²) < 4.78 is 5.33. The van der Waals surface area contributed by atoms with Gasteiger partial charge in [-0.05, 0) is 50.1 Å². The molecule has 0 atom stereocenters. The predicted octanol–water partition coefficient (Wildman–Crippen LogP) is 4.24. The number of aryl methyl sites for hydroxylation is 3. The van der Waals surface area contributed by atoms with Crippen LogP contribution in [-0.2, 0) is 4.79 Å². The van der Waals surface area contributed by atoms with Gasteiger partial charge in [0.25, 0.3) is 0 Å². The Morgan fingerprint density at radius 3 is 2.48 bits per heavy atom. The molecule has 0 amide bonds. The Morgan fingerprint density at radius 1 is 1.05 bits per heavy atom. The van der Waals surface area contributed by atoms with Crippen molar-refractivity contribution >= 4 is 23.1 Å². The first-order valence-corrected chi connectivity index (χ1v) is 7.65. The second kappa shape index (κ2) is 6.68. The molecular formula is C17H18O3S. The number of carbonyl (C=O) groups is 2. The Morgan fingerprint density at radius 2 is 1.81 bits per heavy atom. The van der Waals surface area contributed by atoms with Crippen LogP contribution in [0, 0.1) is 20.8 Å². The summed E-state index contributed by atoms with van der Waals surface area (Å²) in [5.41, 5.74) is 1.95. The summed E-state index contributed by atoms with van der Waals surface area (Å²) in [7, 11) is 0. The van der Waals surface area contributed by atoms with Gasteiger partial charge in [0, 0.05) is 11.3 Å². The molecule has 4 heteroatoms. The average Bonchev–Trinajstić information content (AvgIpc) is 2.87. The molecule has 21 heavy (non-hydrogen) atoms. The van der Waals surface area contributed by atoms with Crippen LogP contribution in [0.1, 0.15) is 38.5 Å². The van der Waals surface area contributed by atoms with E-state index in [-0.39, 0.29) is 24.6 Å². The molecule has 0 aliphatic rings. The van der Waals surface area contributed by atoms with Crippen molar-refractivity contribution in [3.05, 3.63) is 51.2 Å². The highest BCUT2D eigenvalue weighted by Gasteiger charge is 2.13. The third-order valence-electron chi connectivity index (χ3n) is 3.14. The number of hydrogen-bond donors (Lipinski definition) is 0. The van der Waals surface area contributed by atoms with Crippen LogP contribution in [0.2, 0.25) is 0 Å². The Bertz CT molecular complexity index is 670. The highest BCUT2D eigenvalue weighted by atomic mass is 32.1. The summed E-state index contributed by atoms with van der Waals surface area (Å²) in [4.78, 5) is 25.6. The molecule has 0 saturated carbocycles. The van der Waals surface area contributed by atoms with E-state index in [1.54, 1.807) is 6.07 Å². The van der Waals surface area contributed by atoms with Gasteiger partial charge >= 0.3 is 5.97 Å².